The van der Waals surface area contributed by atoms with Crippen LogP contribution in [0.25, 0.3) is 98.5 Å². The highest BCUT2D eigenvalue weighted by Gasteiger charge is 2.47. The Morgan fingerprint density at radius 3 is 1.48 bits per heavy atom. The van der Waals surface area contributed by atoms with Gasteiger partial charge < -0.3 is 4.42 Å². The molecule has 0 bridgehead atoms. The van der Waals surface area contributed by atoms with Crippen molar-refractivity contribution in [1.29, 1.82) is 0 Å². The summed E-state index contributed by atoms with van der Waals surface area (Å²) in [7, 11) is 0. The predicted molar refractivity (Wildman–Crippen MR) is 259 cm³/mol. The Labute approximate surface area is 367 Å². The Morgan fingerprint density at radius 2 is 0.778 bits per heavy atom. The number of rotatable bonds is 6. The Balaban J connectivity index is 1.12. The third kappa shape index (κ3) is 5.30. The van der Waals surface area contributed by atoms with Gasteiger partial charge in [0, 0.05) is 47.6 Å². The molecule has 0 saturated carbocycles. The Morgan fingerprint density at radius 1 is 0.333 bits per heavy atom. The van der Waals surface area contributed by atoms with Gasteiger partial charge in [0.2, 0.25) is 0 Å². The molecule has 0 N–H and O–H groups in total. The first-order chi connectivity index (χ1) is 31.3. The summed E-state index contributed by atoms with van der Waals surface area (Å²) < 4.78 is 9.40. The van der Waals surface area contributed by atoms with Crippen LogP contribution in [0.3, 0.4) is 0 Å². The van der Waals surface area contributed by atoms with Gasteiger partial charge in [-0.15, -0.1) is 11.3 Å². The molecule has 4 nitrogen and oxygen atoms in total. The Hall–Kier alpha value is -7.99. The molecule has 294 valence electrons. The minimum absolute atomic E-state index is 0.549. The zero-order chi connectivity index (χ0) is 41.5. The van der Waals surface area contributed by atoms with Crippen molar-refractivity contribution in [1.82, 2.24) is 15.0 Å². The van der Waals surface area contributed by atoms with E-state index < -0.39 is 5.41 Å². The van der Waals surface area contributed by atoms with E-state index in [1.165, 1.54) is 42.6 Å². The Bertz CT molecular complexity index is 3710. The molecule has 0 saturated heterocycles. The molecule has 0 amide bonds. The molecule has 5 heteroatoms. The number of aromatic nitrogens is 3. The molecule has 1 aliphatic rings. The van der Waals surface area contributed by atoms with Gasteiger partial charge in [-0.05, 0) is 57.1 Å². The molecule has 0 unspecified atom stereocenters. The maximum Gasteiger partial charge on any atom is 0.167 e. The summed E-state index contributed by atoms with van der Waals surface area (Å²) in [6, 6.07) is 75.5. The van der Waals surface area contributed by atoms with Crippen LogP contribution in [0.5, 0.6) is 0 Å². The van der Waals surface area contributed by atoms with Crippen LogP contribution in [0.4, 0.5) is 0 Å². The minimum Gasteiger partial charge on any atom is -0.455 e. The fourth-order valence-corrected chi connectivity index (χ4v) is 11.4. The summed E-state index contributed by atoms with van der Waals surface area (Å²) in [5.74, 6) is 1.75. The van der Waals surface area contributed by atoms with Crippen molar-refractivity contribution in [3.8, 4) is 56.4 Å². The van der Waals surface area contributed by atoms with Crippen molar-refractivity contribution in [2.45, 2.75) is 5.41 Å². The molecule has 9 aromatic carbocycles. The first kappa shape index (κ1) is 35.7. The van der Waals surface area contributed by atoms with E-state index in [1.807, 2.05) is 6.07 Å². The molecule has 0 radical (unpaired) electrons. The second-order valence-electron chi connectivity index (χ2n) is 16.2. The monoisotopic (exact) mass is 821 g/mol. The van der Waals surface area contributed by atoms with Gasteiger partial charge in [-0.1, -0.05) is 194 Å². The molecule has 0 aliphatic heterocycles. The average Bonchev–Trinajstić information content (AvgIpc) is 4.03. The number of fused-ring (bicyclic) bond motifs is 9. The smallest absolute Gasteiger partial charge is 0.167 e. The van der Waals surface area contributed by atoms with Gasteiger partial charge in [0.1, 0.15) is 11.2 Å². The lowest BCUT2D eigenvalue weighted by Crippen LogP contribution is -2.29. The van der Waals surface area contributed by atoms with Crippen molar-refractivity contribution >= 4 is 53.4 Å². The molecule has 0 atom stereocenters. The number of hydrogen-bond acceptors (Lipinski definition) is 5. The first-order valence-electron chi connectivity index (χ1n) is 21.3. The van der Waals surface area contributed by atoms with Crippen LogP contribution >= 0.6 is 11.3 Å². The maximum atomic E-state index is 6.99. The fraction of sp³-hybridized carbons (Fsp3) is 0.0172. The highest BCUT2D eigenvalue weighted by Crippen LogP contribution is 2.57. The lowest BCUT2D eigenvalue weighted by Gasteiger charge is -2.35. The summed E-state index contributed by atoms with van der Waals surface area (Å²) in [6.45, 7) is 0. The van der Waals surface area contributed by atoms with Gasteiger partial charge in [0.05, 0.1) is 11.0 Å². The van der Waals surface area contributed by atoms with Crippen molar-refractivity contribution in [2.24, 2.45) is 0 Å². The average molecular weight is 822 g/mol. The van der Waals surface area contributed by atoms with Gasteiger partial charge in [0.25, 0.3) is 0 Å². The van der Waals surface area contributed by atoms with Gasteiger partial charge in [-0.2, -0.15) is 0 Å². The Kier molecular flexibility index (Phi) is 7.96. The second-order valence-corrected chi connectivity index (χ2v) is 17.3. The van der Waals surface area contributed by atoms with E-state index in [2.05, 4.69) is 206 Å². The largest absolute Gasteiger partial charge is 0.455 e. The van der Waals surface area contributed by atoms with Crippen molar-refractivity contribution in [2.75, 3.05) is 0 Å². The molecule has 3 aromatic heterocycles. The van der Waals surface area contributed by atoms with Crippen molar-refractivity contribution in [3.63, 3.8) is 0 Å². The van der Waals surface area contributed by atoms with Crippen LogP contribution in [0.1, 0.15) is 22.3 Å². The summed E-state index contributed by atoms with van der Waals surface area (Å²) >= 11 is 1.79. The zero-order valence-corrected chi connectivity index (χ0v) is 34.7. The van der Waals surface area contributed by atoms with E-state index in [0.29, 0.717) is 17.5 Å². The van der Waals surface area contributed by atoms with Crippen LogP contribution in [-0.2, 0) is 5.41 Å². The summed E-state index contributed by atoms with van der Waals surface area (Å²) in [6.07, 6.45) is 0. The lowest BCUT2D eigenvalue weighted by atomic mass is 9.66. The molecule has 0 fully saturated rings. The van der Waals surface area contributed by atoms with E-state index in [-0.39, 0.29) is 0 Å². The summed E-state index contributed by atoms with van der Waals surface area (Å²) in [5, 5.41) is 4.39. The number of para-hydroxylation sites is 2. The lowest BCUT2D eigenvalue weighted by molar-refractivity contribution is 0.670. The molecule has 12 aromatic rings. The van der Waals surface area contributed by atoms with Gasteiger partial charge in [0.15, 0.2) is 17.5 Å². The van der Waals surface area contributed by atoms with Crippen LogP contribution in [0.2, 0.25) is 0 Å². The van der Waals surface area contributed by atoms with E-state index in [1.54, 1.807) is 11.3 Å². The molecule has 0 spiro atoms. The quantitative estimate of drug-likeness (QED) is 0.168. The summed E-state index contributed by atoms with van der Waals surface area (Å²) in [4.78, 5) is 16.5. The van der Waals surface area contributed by atoms with E-state index in [9.17, 15) is 0 Å². The normalized spacial score (nSPS) is 12.9. The maximum absolute atomic E-state index is 6.99. The van der Waals surface area contributed by atoms with Gasteiger partial charge >= 0.3 is 0 Å². The number of furan rings is 1. The molecular weight excluding hydrogens is 787 g/mol. The number of nitrogens with zero attached hydrogens (tertiary/aromatic N) is 3. The van der Waals surface area contributed by atoms with E-state index in [4.69, 9.17) is 19.4 Å². The second kappa shape index (κ2) is 14.0. The highest BCUT2D eigenvalue weighted by atomic mass is 32.1. The molecule has 3 heterocycles. The molecule has 1 aliphatic carbocycles. The standard InChI is InChI=1S/C58H35N3OS/c1-3-18-36(19-4-1)38-26-15-27-41-42-28-16-30-46(54(42)62-53(38)41)57-60-55(59-56(61-57)45-29-17-35-51-52(45)44-25-10-14-34-50(44)63-51)43-24-9-13-33-49(43)58(37-20-5-2-6-21-37)47-31-11-7-22-39(47)40-23-8-12-32-48(40)58/h1-35H. The number of thiophene rings is 1. The summed E-state index contributed by atoms with van der Waals surface area (Å²) in [5.41, 5.74) is 13.0. The van der Waals surface area contributed by atoms with Crippen LogP contribution < -0.4 is 0 Å². The third-order valence-electron chi connectivity index (χ3n) is 12.9. The van der Waals surface area contributed by atoms with E-state index in [0.717, 1.165) is 60.7 Å². The SMILES string of the molecule is c1ccc(-c2cccc3c2oc2c(-c4nc(-c5ccccc5C5(c6ccccc6)c6ccccc6-c6ccccc65)nc(-c5cccc6sc7ccccc7c56)n4)cccc23)cc1. The van der Waals surface area contributed by atoms with Crippen LogP contribution in [-0.4, -0.2) is 15.0 Å². The zero-order valence-electron chi connectivity index (χ0n) is 33.9. The number of hydrogen-bond donors (Lipinski definition) is 0. The fourth-order valence-electron chi connectivity index (χ4n) is 10.2. The van der Waals surface area contributed by atoms with E-state index >= 15 is 0 Å². The van der Waals surface area contributed by atoms with Gasteiger partial charge in [-0.25, -0.2) is 15.0 Å². The van der Waals surface area contributed by atoms with Crippen LogP contribution in [0.15, 0.2) is 217 Å². The van der Waals surface area contributed by atoms with Crippen molar-refractivity contribution < 1.29 is 4.42 Å². The first-order valence-corrected chi connectivity index (χ1v) is 22.1. The van der Waals surface area contributed by atoms with Gasteiger partial charge in [-0.3, -0.25) is 0 Å². The molecule has 13 rings (SSSR count). The van der Waals surface area contributed by atoms with Crippen molar-refractivity contribution in [3.05, 3.63) is 235 Å². The molecule has 63 heavy (non-hydrogen) atoms. The number of benzene rings is 9. The minimum atomic E-state index is -0.659. The third-order valence-corrected chi connectivity index (χ3v) is 14.0. The van der Waals surface area contributed by atoms with Crippen LogP contribution in [0, 0.1) is 0 Å². The topological polar surface area (TPSA) is 51.8 Å². The highest BCUT2D eigenvalue weighted by molar-refractivity contribution is 7.25. The predicted octanol–water partition coefficient (Wildman–Crippen LogP) is 15.2. The molecular formula is C58H35N3OS.